The van der Waals surface area contributed by atoms with Gasteiger partial charge in [0.1, 0.15) is 22.8 Å². The molecule has 0 radical (unpaired) electrons. The summed E-state index contributed by atoms with van der Waals surface area (Å²) in [6.45, 7) is 7.98. The molecule has 0 amide bonds. The van der Waals surface area contributed by atoms with Gasteiger partial charge in [-0.25, -0.2) is 4.98 Å². The summed E-state index contributed by atoms with van der Waals surface area (Å²) >= 11 is 2.18. The Morgan fingerprint density at radius 3 is 2.59 bits per heavy atom. The summed E-state index contributed by atoms with van der Waals surface area (Å²) in [5, 5.41) is 15.1. The quantitative estimate of drug-likeness (QED) is 0.217. The predicted molar refractivity (Wildman–Crippen MR) is 175 cm³/mol. The molecule has 4 aromatic rings. The van der Waals surface area contributed by atoms with Crippen LogP contribution in [0.1, 0.15) is 38.7 Å². The van der Waals surface area contributed by atoms with Crippen molar-refractivity contribution in [1.82, 2.24) is 18.8 Å². The highest BCUT2D eigenvalue weighted by atomic mass is 127. The first-order valence-corrected chi connectivity index (χ1v) is 17.5. The van der Waals surface area contributed by atoms with Crippen molar-refractivity contribution in [3.05, 3.63) is 70.9 Å². The van der Waals surface area contributed by atoms with Crippen LogP contribution in [0, 0.1) is 11.8 Å². The van der Waals surface area contributed by atoms with E-state index in [0.717, 1.165) is 65.9 Å². The van der Waals surface area contributed by atoms with Gasteiger partial charge < -0.3 is 24.6 Å². The molecule has 1 aromatic carbocycles. The van der Waals surface area contributed by atoms with Crippen molar-refractivity contribution in [3.63, 3.8) is 0 Å². The number of aryl methyl sites for hydroxylation is 1. The maximum absolute atomic E-state index is 13.0. The molecule has 8 nitrogen and oxygen atoms in total. The van der Waals surface area contributed by atoms with E-state index in [9.17, 15) is 9.90 Å². The van der Waals surface area contributed by atoms with Crippen LogP contribution in [0.4, 0.5) is 5.82 Å². The van der Waals surface area contributed by atoms with Crippen LogP contribution in [-0.4, -0.2) is 44.8 Å². The molecule has 0 bridgehead atoms. The van der Waals surface area contributed by atoms with Crippen LogP contribution in [0.2, 0.25) is 0 Å². The van der Waals surface area contributed by atoms with E-state index >= 15 is 0 Å². The summed E-state index contributed by atoms with van der Waals surface area (Å²) < 4.78 is 9.90. The minimum Gasteiger partial charge on any atom is -0.455 e. The summed E-state index contributed by atoms with van der Waals surface area (Å²) in [5.74, 6) is 3.87. The van der Waals surface area contributed by atoms with Gasteiger partial charge in [0, 0.05) is 79.4 Å². The van der Waals surface area contributed by atoms with Crippen LogP contribution < -0.4 is 20.5 Å². The van der Waals surface area contributed by atoms with Gasteiger partial charge in [-0.1, -0.05) is 6.07 Å². The Bertz CT molecular complexity index is 1600. The number of fused-ring (bicyclic) bond motifs is 1. The lowest BCUT2D eigenvalue weighted by Gasteiger charge is -2.42. The molecule has 10 heteroatoms. The molecule has 216 valence electrons. The molecule has 2 aliphatic rings. The molecular weight excluding hydrogens is 649 g/mol. The fourth-order valence-electron chi connectivity index (χ4n) is 6.05. The van der Waals surface area contributed by atoms with Crippen LogP contribution in [-0.2, 0) is 12.6 Å². The lowest BCUT2D eigenvalue weighted by molar-refractivity contribution is 0.0786. The zero-order valence-electron chi connectivity index (χ0n) is 23.6. The third kappa shape index (κ3) is 5.89. The van der Waals surface area contributed by atoms with Gasteiger partial charge in [0.05, 0.1) is 11.8 Å². The van der Waals surface area contributed by atoms with Gasteiger partial charge in [0.15, 0.2) is 0 Å². The second kappa shape index (κ2) is 11.6. The fourth-order valence-corrected chi connectivity index (χ4v) is 7.39. The van der Waals surface area contributed by atoms with Gasteiger partial charge in [0.25, 0.3) is 5.56 Å². The molecule has 5 heterocycles. The van der Waals surface area contributed by atoms with E-state index < -0.39 is 5.60 Å². The number of rotatable bonds is 8. The van der Waals surface area contributed by atoms with Crippen molar-refractivity contribution in [1.29, 1.82) is 0 Å². The number of halogens is 1. The normalized spacial score (nSPS) is 16.8. The Morgan fingerprint density at radius 1 is 1.12 bits per heavy atom. The molecule has 0 spiro atoms. The number of ether oxygens (including phenoxy) is 1. The Balaban J connectivity index is 1.26. The standard InChI is InChI=1S/C31H36IN5O3S/c1-31(2,39)22-4-6-27(25(15-22)26-19-35(3)30(38)29-24(26)10-13-37(29)41-32)40-23-5-7-28(34-16-23)36-17-21(18-36)14-20-8-11-33-12-9-20/h4-7,10,13,15-16,19-21,33,39H,8-9,11-12,14,17-18H2,1-3H3. The Morgan fingerprint density at radius 2 is 1.90 bits per heavy atom. The summed E-state index contributed by atoms with van der Waals surface area (Å²) in [4.78, 5) is 20.1. The highest BCUT2D eigenvalue weighted by Gasteiger charge is 2.30. The molecule has 3 aromatic heterocycles. The molecular formula is C31H36IN5O3S. The van der Waals surface area contributed by atoms with Crippen molar-refractivity contribution in [2.75, 3.05) is 31.1 Å². The van der Waals surface area contributed by atoms with E-state index in [0.29, 0.717) is 17.0 Å². The maximum Gasteiger partial charge on any atom is 0.275 e. The van der Waals surface area contributed by atoms with Gasteiger partial charge in [-0.3, -0.25) is 8.77 Å². The van der Waals surface area contributed by atoms with E-state index in [1.165, 1.54) is 28.4 Å². The first kappa shape index (κ1) is 28.6. The first-order chi connectivity index (χ1) is 19.7. The third-order valence-corrected chi connectivity index (χ3v) is 10.1. The number of hydrogen-bond donors (Lipinski definition) is 2. The number of piperidine rings is 1. The molecule has 41 heavy (non-hydrogen) atoms. The van der Waals surface area contributed by atoms with Crippen molar-refractivity contribution in [2.24, 2.45) is 18.9 Å². The van der Waals surface area contributed by atoms with Crippen LogP contribution in [0.25, 0.3) is 22.0 Å². The van der Waals surface area contributed by atoms with Crippen LogP contribution in [0.5, 0.6) is 11.5 Å². The lowest BCUT2D eigenvalue weighted by atomic mass is 9.84. The summed E-state index contributed by atoms with van der Waals surface area (Å²) in [6, 6.07) is 11.7. The number of pyridine rings is 2. The molecule has 2 N–H and O–H groups in total. The number of nitrogens with one attached hydrogen (secondary N) is 1. The monoisotopic (exact) mass is 685 g/mol. The highest BCUT2D eigenvalue weighted by Crippen LogP contribution is 2.40. The second-order valence-electron chi connectivity index (χ2n) is 11.9. The van der Waals surface area contributed by atoms with Crippen LogP contribution in [0.15, 0.2) is 59.8 Å². The Hall–Kier alpha value is -2.54. The largest absolute Gasteiger partial charge is 0.455 e. The smallest absolute Gasteiger partial charge is 0.275 e. The number of nitrogens with zero attached hydrogens (tertiary/aromatic N) is 4. The van der Waals surface area contributed by atoms with Gasteiger partial charge in [-0.2, -0.15) is 0 Å². The molecule has 2 fully saturated rings. The van der Waals surface area contributed by atoms with Crippen molar-refractivity contribution < 1.29 is 9.84 Å². The molecule has 6 rings (SSSR count). The second-order valence-corrected chi connectivity index (χ2v) is 13.6. The van der Waals surface area contributed by atoms with Gasteiger partial charge >= 0.3 is 0 Å². The molecule has 0 atom stereocenters. The fraction of sp³-hybridized carbons (Fsp3) is 0.419. The zero-order chi connectivity index (χ0) is 28.7. The zero-order valence-corrected chi connectivity index (χ0v) is 26.6. The van der Waals surface area contributed by atoms with Crippen molar-refractivity contribution >= 4 is 47.0 Å². The number of aromatic nitrogens is 3. The maximum atomic E-state index is 13.0. The Kier molecular flexibility index (Phi) is 8.10. The summed E-state index contributed by atoms with van der Waals surface area (Å²) in [7, 11) is 3.21. The average molecular weight is 686 g/mol. The minimum absolute atomic E-state index is 0.0669. The lowest BCUT2D eigenvalue weighted by Crippen LogP contribution is -2.48. The molecule has 0 unspecified atom stereocenters. The van der Waals surface area contributed by atoms with Crippen molar-refractivity contribution in [2.45, 2.75) is 38.7 Å². The molecule has 2 aliphatic heterocycles. The molecule has 2 saturated heterocycles. The predicted octanol–water partition coefficient (Wildman–Crippen LogP) is 6.09. The van der Waals surface area contributed by atoms with E-state index in [-0.39, 0.29) is 5.56 Å². The first-order valence-electron chi connectivity index (χ1n) is 14.2. The number of hydrogen-bond acceptors (Lipinski definition) is 7. The topological polar surface area (TPSA) is 84.6 Å². The number of aliphatic hydroxyl groups is 1. The van der Waals surface area contributed by atoms with E-state index in [4.69, 9.17) is 9.72 Å². The van der Waals surface area contributed by atoms with Crippen molar-refractivity contribution in [3.8, 4) is 22.6 Å². The highest BCUT2D eigenvalue weighted by molar-refractivity contribution is 14.2. The molecule has 0 saturated carbocycles. The van der Waals surface area contributed by atoms with E-state index in [1.807, 2.05) is 52.8 Å². The van der Waals surface area contributed by atoms with Gasteiger partial charge in [-0.05, 0) is 93.9 Å². The van der Waals surface area contributed by atoms with E-state index in [2.05, 4.69) is 31.4 Å². The summed E-state index contributed by atoms with van der Waals surface area (Å²) in [6.07, 6.45) is 9.45. The van der Waals surface area contributed by atoms with Crippen LogP contribution >= 0.6 is 30.3 Å². The number of benzene rings is 1. The van der Waals surface area contributed by atoms with Gasteiger partial charge in [-0.15, -0.1) is 0 Å². The van der Waals surface area contributed by atoms with E-state index in [1.54, 1.807) is 31.7 Å². The average Bonchev–Trinajstić information content (AvgIpc) is 3.38. The minimum atomic E-state index is -1.04. The van der Waals surface area contributed by atoms with Gasteiger partial charge in [0.2, 0.25) is 0 Å². The molecule has 0 aliphatic carbocycles. The SMILES string of the molecule is Cn1cc(-c2cc(C(C)(C)O)ccc2Oc2ccc(N3CC(CC4CCNCC4)C3)nc2)c2ccn(SI)c2c1=O. The number of anilines is 1. The Labute approximate surface area is 256 Å². The summed E-state index contributed by atoms with van der Waals surface area (Å²) in [5.41, 5.74) is 1.93. The van der Waals surface area contributed by atoms with Crippen LogP contribution in [0.3, 0.4) is 0 Å². The third-order valence-electron chi connectivity index (χ3n) is 8.39.